The number of methoxy groups -OCH3 is 2. The lowest BCUT2D eigenvalue weighted by atomic mass is 9.87. The van der Waals surface area contributed by atoms with E-state index in [0.717, 1.165) is 11.1 Å². The molecule has 160 valence electrons. The van der Waals surface area contributed by atoms with Crippen LogP contribution >= 0.6 is 15.9 Å². The van der Waals surface area contributed by atoms with Crippen molar-refractivity contribution in [3.8, 4) is 11.5 Å². The topological polar surface area (TPSA) is 95.0 Å². The predicted octanol–water partition coefficient (Wildman–Crippen LogP) is 4.76. The van der Waals surface area contributed by atoms with Gasteiger partial charge >= 0.3 is 0 Å². The van der Waals surface area contributed by atoms with Gasteiger partial charge in [-0.3, -0.25) is 14.9 Å². The number of fused-ring (bicyclic) bond motifs is 1. The summed E-state index contributed by atoms with van der Waals surface area (Å²) in [5, 5.41) is 11.4. The SMILES string of the molecule is COc1cc2c(cc1OC)[C@H](c1cccc([N+](=O)[O-])c1)N(C(=O)c1ccc(Br)o1)CC2. The van der Waals surface area contributed by atoms with Crippen molar-refractivity contribution in [1.29, 1.82) is 0 Å². The standard InChI is InChI=1S/C22H19BrN2O6/c1-29-18-11-13-8-9-24(22(26)17-6-7-20(23)31-17)21(16(13)12-19(18)30-2)14-4-3-5-15(10-14)25(27)28/h3-7,10-12,21H,8-9H2,1-2H3/t21-/m0/s1. The molecule has 1 atom stereocenters. The van der Waals surface area contributed by atoms with Crippen LogP contribution in [0.5, 0.6) is 11.5 Å². The zero-order valence-corrected chi connectivity index (χ0v) is 18.4. The molecule has 9 heteroatoms. The minimum Gasteiger partial charge on any atom is -0.493 e. The summed E-state index contributed by atoms with van der Waals surface area (Å²) < 4.78 is 16.8. The highest BCUT2D eigenvalue weighted by Crippen LogP contribution is 2.42. The van der Waals surface area contributed by atoms with E-state index in [4.69, 9.17) is 13.9 Å². The average Bonchev–Trinajstić information content (AvgIpc) is 3.23. The second-order valence-corrected chi connectivity index (χ2v) is 7.79. The fourth-order valence-electron chi connectivity index (χ4n) is 3.90. The van der Waals surface area contributed by atoms with Crippen LogP contribution in [0.2, 0.25) is 0 Å². The number of carbonyl (C=O) groups is 1. The molecule has 3 aromatic rings. The molecule has 0 fully saturated rings. The number of nitro benzene ring substituents is 1. The number of nitrogens with zero attached hydrogens (tertiary/aromatic N) is 2. The maximum Gasteiger partial charge on any atom is 0.290 e. The van der Waals surface area contributed by atoms with Crippen molar-refractivity contribution in [2.24, 2.45) is 0 Å². The van der Waals surface area contributed by atoms with Crippen LogP contribution in [0.25, 0.3) is 0 Å². The molecule has 31 heavy (non-hydrogen) atoms. The third-order valence-corrected chi connectivity index (χ3v) is 5.74. The fourth-order valence-corrected chi connectivity index (χ4v) is 4.21. The molecule has 0 N–H and O–H groups in total. The van der Waals surface area contributed by atoms with Crippen molar-refractivity contribution in [2.75, 3.05) is 20.8 Å². The van der Waals surface area contributed by atoms with Crippen LogP contribution in [0.4, 0.5) is 5.69 Å². The van der Waals surface area contributed by atoms with E-state index >= 15 is 0 Å². The van der Waals surface area contributed by atoms with E-state index in [2.05, 4.69) is 15.9 Å². The summed E-state index contributed by atoms with van der Waals surface area (Å²) in [6.45, 7) is 0.410. The monoisotopic (exact) mass is 486 g/mol. The molecule has 0 radical (unpaired) electrons. The van der Waals surface area contributed by atoms with Crippen molar-refractivity contribution >= 4 is 27.5 Å². The third kappa shape index (κ3) is 3.88. The molecule has 2 aromatic carbocycles. The Labute approximate surface area is 186 Å². The molecule has 0 unspecified atom stereocenters. The highest BCUT2D eigenvalue weighted by molar-refractivity contribution is 9.10. The first-order chi connectivity index (χ1) is 14.9. The van der Waals surface area contributed by atoms with Gasteiger partial charge in [0.2, 0.25) is 0 Å². The maximum atomic E-state index is 13.3. The number of benzene rings is 2. The Morgan fingerprint density at radius 2 is 1.90 bits per heavy atom. The lowest BCUT2D eigenvalue weighted by Crippen LogP contribution is -2.40. The molecule has 1 aromatic heterocycles. The Kier molecular flexibility index (Phi) is 5.69. The second-order valence-electron chi connectivity index (χ2n) is 7.01. The number of rotatable bonds is 5. The van der Waals surface area contributed by atoms with Gasteiger partial charge in [0.1, 0.15) is 0 Å². The smallest absolute Gasteiger partial charge is 0.290 e. The third-order valence-electron chi connectivity index (χ3n) is 5.32. The lowest BCUT2D eigenvalue weighted by Gasteiger charge is -2.37. The van der Waals surface area contributed by atoms with E-state index in [1.54, 1.807) is 43.4 Å². The summed E-state index contributed by atoms with van der Waals surface area (Å²) in [4.78, 5) is 25.9. The molecule has 0 saturated carbocycles. The largest absolute Gasteiger partial charge is 0.493 e. The van der Waals surface area contributed by atoms with E-state index in [1.165, 1.54) is 12.1 Å². The lowest BCUT2D eigenvalue weighted by molar-refractivity contribution is -0.384. The molecule has 1 aliphatic heterocycles. The highest BCUT2D eigenvalue weighted by atomic mass is 79.9. The molecule has 4 rings (SSSR count). The number of nitro groups is 1. The van der Waals surface area contributed by atoms with Gasteiger partial charge in [0.25, 0.3) is 11.6 Å². The summed E-state index contributed by atoms with van der Waals surface area (Å²) in [6.07, 6.45) is 0.592. The Balaban J connectivity index is 1.88. The van der Waals surface area contributed by atoms with Crippen LogP contribution in [0.3, 0.4) is 0 Å². The number of halogens is 1. The number of furan rings is 1. The average molecular weight is 487 g/mol. The second kappa shape index (κ2) is 8.43. The molecule has 8 nitrogen and oxygen atoms in total. The summed E-state index contributed by atoms with van der Waals surface area (Å²) in [5.41, 5.74) is 2.39. The van der Waals surface area contributed by atoms with Crippen LogP contribution in [0.15, 0.2) is 57.6 Å². The van der Waals surface area contributed by atoms with E-state index in [9.17, 15) is 14.9 Å². The summed E-state index contributed by atoms with van der Waals surface area (Å²) in [6, 6.07) is 12.7. The molecule has 2 heterocycles. The Morgan fingerprint density at radius 3 is 2.55 bits per heavy atom. The molecule has 0 saturated heterocycles. The molecular weight excluding hydrogens is 468 g/mol. The van der Waals surface area contributed by atoms with Crippen molar-refractivity contribution < 1.29 is 23.6 Å². The zero-order valence-electron chi connectivity index (χ0n) is 16.8. The van der Waals surface area contributed by atoms with E-state index < -0.39 is 11.0 Å². The minimum absolute atomic E-state index is 0.0433. The Hall–Kier alpha value is -3.33. The normalized spacial score (nSPS) is 15.3. The van der Waals surface area contributed by atoms with Gasteiger partial charge in [-0.2, -0.15) is 0 Å². The number of hydrogen-bond acceptors (Lipinski definition) is 6. The van der Waals surface area contributed by atoms with Crippen LogP contribution in [0, 0.1) is 10.1 Å². The molecule has 0 bridgehead atoms. The van der Waals surface area contributed by atoms with Gasteiger partial charge in [0.05, 0.1) is 25.2 Å². The summed E-state index contributed by atoms with van der Waals surface area (Å²) in [5.74, 6) is 0.995. The fraction of sp³-hybridized carbons (Fsp3) is 0.227. The zero-order chi connectivity index (χ0) is 22.1. The number of amides is 1. The minimum atomic E-state index is -0.556. The summed E-state index contributed by atoms with van der Waals surface area (Å²) >= 11 is 3.23. The molecular formula is C22H19BrN2O6. The predicted molar refractivity (Wildman–Crippen MR) is 116 cm³/mol. The van der Waals surface area contributed by atoms with Crippen LogP contribution < -0.4 is 9.47 Å². The van der Waals surface area contributed by atoms with Gasteiger partial charge in [0, 0.05) is 18.7 Å². The number of ether oxygens (including phenoxy) is 2. The van der Waals surface area contributed by atoms with Gasteiger partial charge < -0.3 is 18.8 Å². The molecule has 0 spiro atoms. The van der Waals surface area contributed by atoms with E-state index in [-0.39, 0.29) is 17.4 Å². The maximum absolute atomic E-state index is 13.3. The first-order valence-electron chi connectivity index (χ1n) is 9.48. The number of non-ortho nitro benzene ring substituents is 1. The first-order valence-corrected chi connectivity index (χ1v) is 10.3. The number of hydrogen-bond donors (Lipinski definition) is 0. The van der Waals surface area contributed by atoms with Crippen LogP contribution in [-0.4, -0.2) is 36.5 Å². The van der Waals surface area contributed by atoms with Crippen molar-refractivity contribution in [3.05, 3.63) is 85.8 Å². The van der Waals surface area contributed by atoms with Crippen LogP contribution in [0.1, 0.15) is 33.3 Å². The quantitative estimate of drug-likeness (QED) is 0.381. The van der Waals surface area contributed by atoms with Gasteiger partial charge in [-0.25, -0.2) is 0 Å². The molecule has 1 amide bonds. The van der Waals surface area contributed by atoms with Crippen molar-refractivity contribution in [2.45, 2.75) is 12.5 Å². The Bertz CT molecular complexity index is 1160. The van der Waals surface area contributed by atoms with Gasteiger partial charge in [-0.15, -0.1) is 0 Å². The van der Waals surface area contributed by atoms with E-state index in [1.807, 2.05) is 12.1 Å². The Morgan fingerprint density at radius 1 is 1.16 bits per heavy atom. The summed E-state index contributed by atoms with van der Waals surface area (Å²) in [7, 11) is 3.11. The first kappa shape index (κ1) is 20.9. The highest BCUT2D eigenvalue weighted by Gasteiger charge is 2.35. The van der Waals surface area contributed by atoms with Crippen LogP contribution in [-0.2, 0) is 6.42 Å². The van der Waals surface area contributed by atoms with Crippen molar-refractivity contribution in [1.82, 2.24) is 4.90 Å². The molecule has 1 aliphatic rings. The van der Waals surface area contributed by atoms with Gasteiger partial charge in [-0.05, 0) is 63.3 Å². The van der Waals surface area contributed by atoms with Gasteiger partial charge in [0.15, 0.2) is 21.9 Å². The van der Waals surface area contributed by atoms with E-state index in [0.29, 0.717) is 34.7 Å². The molecule has 0 aliphatic carbocycles. The van der Waals surface area contributed by atoms with Gasteiger partial charge in [-0.1, -0.05) is 12.1 Å². The van der Waals surface area contributed by atoms with Crippen molar-refractivity contribution in [3.63, 3.8) is 0 Å². The number of carbonyl (C=O) groups excluding carboxylic acids is 1.